The fraction of sp³-hybridized carbons (Fsp3) is 0.950. The Morgan fingerprint density at radius 2 is 1.55 bits per heavy atom. The van der Waals surface area contributed by atoms with Crippen molar-refractivity contribution in [2.24, 2.45) is 11.8 Å². The van der Waals surface area contributed by atoms with Crippen molar-refractivity contribution in [3.63, 3.8) is 0 Å². The average Bonchev–Trinajstić information content (AvgIpc) is 2.56. The molecule has 2 rings (SSSR count). The molecule has 0 aliphatic heterocycles. The normalized spacial score (nSPS) is 26.8. The summed E-state index contributed by atoms with van der Waals surface area (Å²) in [5, 5.41) is 0. The lowest BCUT2D eigenvalue weighted by atomic mass is 9.72. The van der Waals surface area contributed by atoms with Gasteiger partial charge >= 0.3 is 5.97 Å². The fourth-order valence-corrected chi connectivity index (χ4v) is 4.47. The van der Waals surface area contributed by atoms with E-state index in [4.69, 9.17) is 4.74 Å². The van der Waals surface area contributed by atoms with Crippen LogP contribution in [-0.4, -0.2) is 12.1 Å². The van der Waals surface area contributed by atoms with E-state index >= 15 is 0 Å². The van der Waals surface area contributed by atoms with Gasteiger partial charge in [-0.05, 0) is 37.5 Å². The lowest BCUT2D eigenvalue weighted by Gasteiger charge is -2.38. The van der Waals surface area contributed by atoms with E-state index in [0.717, 1.165) is 18.8 Å². The summed E-state index contributed by atoms with van der Waals surface area (Å²) >= 11 is 0. The van der Waals surface area contributed by atoms with Crippen LogP contribution >= 0.6 is 0 Å². The van der Waals surface area contributed by atoms with Gasteiger partial charge in [-0.1, -0.05) is 71.1 Å². The minimum Gasteiger partial charge on any atom is -0.462 e. The molecule has 2 nitrogen and oxygen atoms in total. The molecule has 0 aromatic carbocycles. The number of carbonyl (C=O) groups excluding carboxylic acids is 1. The zero-order valence-corrected chi connectivity index (χ0v) is 14.7. The van der Waals surface area contributed by atoms with Crippen LogP contribution in [0.25, 0.3) is 0 Å². The van der Waals surface area contributed by atoms with Gasteiger partial charge < -0.3 is 4.74 Å². The van der Waals surface area contributed by atoms with Crippen molar-refractivity contribution in [3.8, 4) is 0 Å². The summed E-state index contributed by atoms with van der Waals surface area (Å²) < 4.78 is 5.92. The standard InChI is InChI=1S/C20H36O2/c1-2-3-4-5-9-16-20(21)22-19-15-11-10-14-18(19)17-12-7-6-8-13-17/h17-19H,2-16H2,1H3/t18-,19-/m1/s1. The third kappa shape index (κ3) is 5.93. The Bertz CT molecular complexity index is 307. The summed E-state index contributed by atoms with van der Waals surface area (Å²) in [7, 11) is 0. The van der Waals surface area contributed by atoms with E-state index < -0.39 is 0 Å². The maximum Gasteiger partial charge on any atom is 0.306 e. The van der Waals surface area contributed by atoms with E-state index in [1.54, 1.807) is 0 Å². The Morgan fingerprint density at radius 3 is 2.32 bits per heavy atom. The monoisotopic (exact) mass is 308 g/mol. The van der Waals surface area contributed by atoms with Gasteiger partial charge in [0.15, 0.2) is 0 Å². The molecule has 0 aromatic rings. The third-order valence-corrected chi connectivity index (χ3v) is 5.78. The van der Waals surface area contributed by atoms with Crippen LogP contribution in [0.5, 0.6) is 0 Å². The van der Waals surface area contributed by atoms with Crippen LogP contribution < -0.4 is 0 Å². The predicted molar refractivity (Wildman–Crippen MR) is 91.8 cm³/mol. The summed E-state index contributed by atoms with van der Waals surface area (Å²) in [5.41, 5.74) is 0. The molecule has 2 aliphatic carbocycles. The van der Waals surface area contributed by atoms with Crippen molar-refractivity contribution in [1.29, 1.82) is 0 Å². The molecule has 2 saturated carbocycles. The summed E-state index contributed by atoms with van der Waals surface area (Å²) in [6.45, 7) is 2.22. The molecule has 2 fully saturated rings. The van der Waals surface area contributed by atoms with Crippen molar-refractivity contribution in [3.05, 3.63) is 0 Å². The highest BCUT2D eigenvalue weighted by Crippen LogP contribution is 2.39. The topological polar surface area (TPSA) is 26.3 Å². The average molecular weight is 309 g/mol. The molecule has 0 radical (unpaired) electrons. The van der Waals surface area contributed by atoms with Gasteiger partial charge in [0, 0.05) is 6.42 Å². The number of hydrogen-bond acceptors (Lipinski definition) is 2. The summed E-state index contributed by atoms with van der Waals surface area (Å²) in [5.74, 6) is 1.57. The van der Waals surface area contributed by atoms with Crippen molar-refractivity contribution in [2.45, 2.75) is 109 Å². The molecule has 0 heterocycles. The number of rotatable bonds is 8. The van der Waals surface area contributed by atoms with Crippen LogP contribution in [0.15, 0.2) is 0 Å². The zero-order chi connectivity index (χ0) is 15.6. The summed E-state index contributed by atoms with van der Waals surface area (Å²) in [6, 6.07) is 0. The molecule has 0 bridgehead atoms. The van der Waals surface area contributed by atoms with Gasteiger partial charge in [-0.25, -0.2) is 0 Å². The fourth-order valence-electron chi connectivity index (χ4n) is 4.47. The molecule has 22 heavy (non-hydrogen) atoms. The van der Waals surface area contributed by atoms with Crippen molar-refractivity contribution in [2.75, 3.05) is 0 Å². The highest BCUT2D eigenvalue weighted by Gasteiger charge is 2.34. The molecule has 2 aliphatic rings. The second kappa shape index (κ2) is 10.3. The Kier molecular flexibility index (Phi) is 8.33. The second-order valence-corrected chi connectivity index (χ2v) is 7.54. The largest absolute Gasteiger partial charge is 0.462 e. The van der Waals surface area contributed by atoms with Crippen molar-refractivity contribution >= 4 is 5.97 Å². The number of hydrogen-bond donors (Lipinski definition) is 0. The van der Waals surface area contributed by atoms with Gasteiger partial charge in [0.1, 0.15) is 6.10 Å². The zero-order valence-electron chi connectivity index (χ0n) is 14.7. The Labute approximate surface area is 137 Å². The first-order chi connectivity index (χ1) is 10.8. The smallest absolute Gasteiger partial charge is 0.306 e. The van der Waals surface area contributed by atoms with Gasteiger partial charge in [0.2, 0.25) is 0 Å². The Morgan fingerprint density at radius 1 is 0.864 bits per heavy atom. The molecular weight excluding hydrogens is 272 g/mol. The molecule has 0 aromatic heterocycles. The maximum absolute atomic E-state index is 12.2. The van der Waals surface area contributed by atoms with E-state index in [9.17, 15) is 4.79 Å². The molecule has 128 valence electrons. The van der Waals surface area contributed by atoms with Gasteiger partial charge in [0.05, 0.1) is 0 Å². The number of ether oxygens (including phenoxy) is 1. The minimum atomic E-state index is 0.0733. The molecule has 0 saturated heterocycles. The number of unbranched alkanes of at least 4 members (excludes halogenated alkanes) is 4. The summed E-state index contributed by atoms with van der Waals surface area (Å²) in [4.78, 5) is 12.2. The van der Waals surface area contributed by atoms with Crippen molar-refractivity contribution in [1.82, 2.24) is 0 Å². The third-order valence-electron chi connectivity index (χ3n) is 5.78. The maximum atomic E-state index is 12.2. The van der Waals surface area contributed by atoms with E-state index in [1.165, 1.54) is 77.0 Å². The molecule has 0 spiro atoms. The Hall–Kier alpha value is -0.530. The molecule has 0 amide bonds. The molecular formula is C20H36O2. The second-order valence-electron chi connectivity index (χ2n) is 7.54. The molecule has 2 atom stereocenters. The van der Waals surface area contributed by atoms with E-state index in [1.807, 2.05) is 0 Å². The van der Waals surface area contributed by atoms with E-state index in [-0.39, 0.29) is 12.1 Å². The quantitative estimate of drug-likeness (QED) is 0.404. The molecule has 0 unspecified atom stereocenters. The van der Waals surface area contributed by atoms with Gasteiger partial charge in [-0.2, -0.15) is 0 Å². The lowest BCUT2D eigenvalue weighted by molar-refractivity contribution is -0.155. The van der Waals surface area contributed by atoms with Crippen LogP contribution in [0.4, 0.5) is 0 Å². The van der Waals surface area contributed by atoms with Gasteiger partial charge in [0.25, 0.3) is 0 Å². The number of carbonyl (C=O) groups is 1. The highest BCUT2D eigenvalue weighted by molar-refractivity contribution is 5.69. The van der Waals surface area contributed by atoms with Gasteiger partial charge in [-0.15, -0.1) is 0 Å². The van der Waals surface area contributed by atoms with Crippen LogP contribution in [0, 0.1) is 11.8 Å². The Balaban J connectivity index is 1.72. The summed E-state index contributed by atoms with van der Waals surface area (Å²) in [6.07, 6.45) is 18.8. The van der Waals surface area contributed by atoms with Crippen molar-refractivity contribution < 1.29 is 9.53 Å². The first-order valence-electron chi connectivity index (χ1n) is 10.0. The van der Waals surface area contributed by atoms with Gasteiger partial charge in [-0.3, -0.25) is 4.79 Å². The van der Waals surface area contributed by atoms with E-state index in [2.05, 4.69) is 6.92 Å². The van der Waals surface area contributed by atoms with Crippen LogP contribution in [0.1, 0.15) is 103 Å². The highest BCUT2D eigenvalue weighted by atomic mass is 16.5. The van der Waals surface area contributed by atoms with Crippen LogP contribution in [0.3, 0.4) is 0 Å². The van der Waals surface area contributed by atoms with E-state index in [0.29, 0.717) is 12.3 Å². The van der Waals surface area contributed by atoms with Crippen LogP contribution in [-0.2, 0) is 9.53 Å². The predicted octanol–water partition coefficient (Wildman–Crippen LogP) is 6.03. The first-order valence-corrected chi connectivity index (χ1v) is 10.0. The first kappa shape index (κ1) is 17.8. The lowest BCUT2D eigenvalue weighted by Crippen LogP contribution is -2.35. The number of esters is 1. The minimum absolute atomic E-state index is 0.0733. The molecule has 2 heteroatoms. The van der Waals surface area contributed by atoms with Crippen LogP contribution in [0.2, 0.25) is 0 Å². The molecule has 0 N–H and O–H groups in total. The SMILES string of the molecule is CCCCCCCC(=O)O[C@@H]1CCCC[C@@H]1C1CCCCC1.